The molecule has 3 nitrogen and oxygen atoms in total. The van der Waals surface area contributed by atoms with E-state index in [1.807, 2.05) is 0 Å². The smallest absolute Gasteiger partial charge is 0.168 e. The summed E-state index contributed by atoms with van der Waals surface area (Å²) in [4.78, 5) is 0. The molecule has 59 valence electrons. The number of allylic oxidation sites excluding steroid dienone is 1. The van der Waals surface area contributed by atoms with Crippen molar-refractivity contribution in [3.8, 4) is 0 Å². The lowest BCUT2D eigenvalue weighted by molar-refractivity contribution is 0.130. The fourth-order valence-electron chi connectivity index (χ4n) is 0.698. The summed E-state index contributed by atoms with van der Waals surface area (Å²) in [7, 11) is 0. The number of hydrogen-bond donors (Lipinski definition) is 0. The minimum Gasteiger partial charge on any atom is -0.465 e. The highest BCUT2D eigenvalue weighted by Gasteiger charge is 2.07. The Labute approximate surface area is 65.2 Å². The van der Waals surface area contributed by atoms with Crippen LogP contribution in [0.4, 0.5) is 0 Å². The van der Waals surface area contributed by atoms with E-state index in [0.717, 1.165) is 0 Å². The van der Waals surface area contributed by atoms with Gasteiger partial charge in [-0.25, -0.2) is 5.11 Å². The van der Waals surface area contributed by atoms with Crippen LogP contribution in [0.5, 0.6) is 0 Å². The highest BCUT2D eigenvalue weighted by atomic mass is 16.5. The van der Waals surface area contributed by atoms with Crippen molar-refractivity contribution in [2.45, 2.75) is 6.42 Å². The second-order valence-electron chi connectivity index (χ2n) is 2.04. The first kappa shape index (κ1) is 7.88. The number of hydrogen-bond acceptors (Lipinski definition) is 2. The Morgan fingerprint density at radius 2 is 2.18 bits per heavy atom. The molecule has 0 amide bonds. The zero-order valence-corrected chi connectivity index (χ0v) is 6.08. The van der Waals surface area contributed by atoms with E-state index in [9.17, 15) is 5.11 Å². The zero-order chi connectivity index (χ0) is 8.10. The predicted octanol–water partition coefficient (Wildman–Crippen LogP) is 1.72. The van der Waals surface area contributed by atoms with Gasteiger partial charge in [0.1, 0.15) is 24.9 Å². The summed E-state index contributed by atoms with van der Waals surface area (Å²) in [6.45, 7) is 3.14. The average molecular weight is 153 g/mol. The van der Waals surface area contributed by atoms with Gasteiger partial charge in [0.2, 0.25) is 0 Å². The first-order chi connectivity index (χ1) is 5.36. The Balaban J connectivity index is 2.47. The van der Waals surface area contributed by atoms with Crippen molar-refractivity contribution in [2.24, 2.45) is 0 Å². The molecule has 0 atom stereocenters. The maximum absolute atomic E-state index is 10.3. The summed E-state index contributed by atoms with van der Waals surface area (Å²) in [6.07, 6.45) is 5.03. The van der Waals surface area contributed by atoms with E-state index in [1.165, 1.54) is 12.5 Å². The Hall–Kier alpha value is -1.22. The molecule has 1 rings (SSSR count). The van der Waals surface area contributed by atoms with Gasteiger partial charge in [0.25, 0.3) is 0 Å². The zero-order valence-electron chi connectivity index (χ0n) is 6.08. The van der Waals surface area contributed by atoms with Crippen LogP contribution in [0.2, 0.25) is 0 Å². The first-order valence-electron chi connectivity index (χ1n) is 3.27. The van der Waals surface area contributed by atoms with Crippen molar-refractivity contribution >= 4 is 0 Å². The van der Waals surface area contributed by atoms with Crippen molar-refractivity contribution in [3.63, 3.8) is 0 Å². The van der Waals surface area contributed by atoms with Crippen LogP contribution in [-0.2, 0) is 14.6 Å². The monoisotopic (exact) mass is 153 g/mol. The molecule has 11 heavy (non-hydrogen) atoms. The lowest BCUT2D eigenvalue weighted by atomic mass is 10.3. The minimum absolute atomic E-state index is 0.310. The normalized spacial score (nSPS) is 15.7. The second-order valence-corrected chi connectivity index (χ2v) is 2.04. The Kier molecular flexibility index (Phi) is 2.74. The van der Waals surface area contributed by atoms with Crippen molar-refractivity contribution in [1.29, 1.82) is 0 Å². The van der Waals surface area contributed by atoms with E-state index >= 15 is 0 Å². The maximum atomic E-state index is 10.3. The SMILES string of the molecule is C=CCC1=COC=C(C[O])O1. The van der Waals surface area contributed by atoms with Gasteiger partial charge in [-0.05, 0) is 0 Å². The molecule has 1 aliphatic rings. The van der Waals surface area contributed by atoms with E-state index in [4.69, 9.17) is 9.47 Å². The van der Waals surface area contributed by atoms with Crippen LogP contribution in [0.15, 0.2) is 36.7 Å². The molecule has 0 unspecified atom stereocenters. The molecule has 1 aliphatic heterocycles. The highest BCUT2D eigenvalue weighted by Crippen LogP contribution is 2.15. The van der Waals surface area contributed by atoms with E-state index in [1.54, 1.807) is 6.08 Å². The van der Waals surface area contributed by atoms with Gasteiger partial charge < -0.3 is 9.47 Å². The maximum Gasteiger partial charge on any atom is 0.168 e. The van der Waals surface area contributed by atoms with E-state index in [2.05, 4.69) is 6.58 Å². The van der Waals surface area contributed by atoms with Gasteiger partial charge in [0, 0.05) is 6.42 Å². The Morgan fingerprint density at radius 1 is 1.45 bits per heavy atom. The Bertz CT molecular complexity index is 203. The van der Waals surface area contributed by atoms with Crippen molar-refractivity contribution in [2.75, 3.05) is 6.61 Å². The molecule has 0 saturated heterocycles. The van der Waals surface area contributed by atoms with Crippen LogP contribution in [0.1, 0.15) is 6.42 Å². The van der Waals surface area contributed by atoms with Crippen LogP contribution in [-0.4, -0.2) is 6.61 Å². The molecule has 1 radical (unpaired) electrons. The number of rotatable bonds is 3. The topological polar surface area (TPSA) is 38.4 Å². The van der Waals surface area contributed by atoms with Crippen LogP contribution < -0.4 is 0 Å². The molecule has 0 aromatic rings. The van der Waals surface area contributed by atoms with E-state index in [0.29, 0.717) is 17.9 Å². The second kappa shape index (κ2) is 3.83. The van der Waals surface area contributed by atoms with Gasteiger partial charge in [-0.2, -0.15) is 0 Å². The van der Waals surface area contributed by atoms with Gasteiger partial charge in [-0.3, -0.25) is 0 Å². The summed E-state index contributed by atoms with van der Waals surface area (Å²) in [6, 6.07) is 0. The average Bonchev–Trinajstić information content (AvgIpc) is 2.06. The van der Waals surface area contributed by atoms with Crippen LogP contribution in [0, 0.1) is 0 Å². The molecule has 0 saturated carbocycles. The molecule has 0 aromatic carbocycles. The third-order valence-corrected chi connectivity index (χ3v) is 1.15. The van der Waals surface area contributed by atoms with Crippen LogP contribution >= 0.6 is 0 Å². The van der Waals surface area contributed by atoms with Crippen LogP contribution in [0.3, 0.4) is 0 Å². The fourth-order valence-corrected chi connectivity index (χ4v) is 0.698. The third kappa shape index (κ3) is 2.13. The summed E-state index contributed by atoms with van der Waals surface area (Å²) in [5.41, 5.74) is 0. The largest absolute Gasteiger partial charge is 0.465 e. The Morgan fingerprint density at radius 3 is 2.82 bits per heavy atom. The summed E-state index contributed by atoms with van der Waals surface area (Å²) >= 11 is 0. The summed E-state index contributed by atoms with van der Waals surface area (Å²) in [5, 5.41) is 10.3. The fraction of sp³-hybridized carbons (Fsp3) is 0.250. The summed E-state index contributed by atoms with van der Waals surface area (Å²) in [5.74, 6) is 0.928. The lowest BCUT2D eigenvalue weighted by Crippen LogP contribution is -2.01. The molecule has 0 N–H and O–H groups in total. The van der Waals surface area contributed by atoms with Crippen molar-refractivity contribution in [3.05, 3.63) is 36.7 Å². The van der Waals surface area contributed by atoms with Crippen molar-refractivity contribution in [1.82, 2.24) is 0 Å². The third-order valence-electron chi connectivity index (χ3n) is 1.15. The van der Waals surface area contributed by atoms with Gasteiger partial charge in [-0.15, -0.1) is 6.58 Å². The quantitative estimate of drug-likeness (QED) is 0.579. The molecule has 0 spiro atoms. The molecular formula is C8H9O3. The summed E-state index contributed by atoms with van der Waals surface area (Å²) < 4.78 is 9.93. The molecule has 1 heterocycles. The van der Waals surface area contributed by atoms with Crippen molar-refractivity contribution < 1.29 is 14.6 Å². The number of ether oxygens (including phenoxy) is 2. The van der Waals surface area contributed by atoms with E-state index < -0.39 is 6.61 Å². The molecule has 0 bridgehead atoms. The van der Waals surface area contributed by atoms with Gasteiger partial charge >= 0.3 is 0 Å². The molecule has 0 aromatic heterocycles. The molecule has 0 fully saturated rings. The minimum atomic E-state index is -0.394. The first-order valence-corrected chi connectivity index (χ1v) is 3.27. The molecule has 3 heteroatoms. The van der Waals surface area contributed by atoms with Crippen LogP contribution in [0.25, 0.3) is 0 Å². The van der Waals surface area contributed by atoms with E-state index in [-0.39, 0.29) is 0 Å². The standard InChI is InChI=1S/C8H9O3/c1-2-3-7-5-10-6-8(4-9)11-7/h2,5-6H,1,3-4H2. The highest BCUT2D eigenvalue weighted by molar-refractivity contribution is 5.05. The van der Waals surface area contributed by atoms with Gasteiger partial charge in [0.05, 0.1) is 0 Å². The van der Waals surface area contributed by atoms with Gasteiger partial charge in [-0.1, -0.05) is 6.08 Å². The lowest BCUT2D eigenvalue weighted by Gasteiger charge is -2.12. The molecular weight excluding hydrogens is 144 g/mol. The predicted molar refractivity (Wildman–Crippen MR) is 38.7 cm³/mol. The molecule has 0 aliphatic carbocycles. The van der Waals surface area contributed by atoms with Gasteiger partial charge in [0.15, 0.2) is 5.76 Å².